The number of rotatable bonds is 7. The van der Waals surface area contributed by atoms with Crippen molar-refractivity contribution in [2.24, 2.45) is 7.05 Å². The summed E-state index contributed by atoms with van der Waals surface area (Å²) in [5.74, 6) is 1.84. The smallest absolute Gasteiger partial charge is 0.287 e. The molecule has 1 atom stereocenters. The van der Waals surface area contributed by atoms with Crippen molar-refractivity contribution in [2.45, 2.75) is 12.6 Å². The zero-order chi connectivity index (χ0) is 23.5. The van der Waals surface area contributed by atoms with Crippen LogP contribution in [-0.4, -0.2) is 15.5 Å². The Morgan fingerprint density at radius 1 is 1.06 bits per heavy atom. The molecule has 0 aliphatic carbocycles. The van der Waals surface area contributed by atoms with E-state index in [1.54, 1.807) is 30.5 Å². The molecule has 170 valence electrons. The number of halogens is 1. The zero-order valence-electron chi connectivity index (χ0n) is 18.4. The predicted octanol–water partition coefficient (Wildman–Crippen LogP) is 5.92. The molecule has 0 saturated heterocycles. The first-order valence-electron chi connectivity index (χ1n) is 10.8. The lowest BCUT2D eigenvalue weighted by molar-refractivity contribution is 0.0909. The van der Waals surface area contributed by atoms with Crippen molar-refractivity contribution in [2.75, 3.05) is 0 Å². The Kier molecular flexibility index (Phi) is 6.06. The second-order valence-corrected chi connectivity index (χ2v) is 8.35. The molecule has 2 heterocycles. The van der Waals surface area contributed by atoms with Crippen molar-refractivity contribution in [3.8, 4) is 5.75 Å². The van der Waals surface area contributed by atoms with Crippen molar-refractivity contribution < 1.29 is 13.9 Å². The number of amides is 1. The van der Waals surface area contributed by atoms with Crippen LogP contribution in [0.3, 0.4) is 0 Å². The van der Waals surface area contributed by atoms with E-state index in [9.17, 15) is 4.79 Å². The van der Waals surface area contributed by atoms with Crippen molar-refractivity contribution in [1.82, 2.24) is 14.9 Å². The van der Waals surface area contributed by atoms with Crippen LogP contribution < -0.4 is 10.1 Å². The minimum absolute atomic E-state index is 0.199. The number of benzene rings is 3. The van der Waals surface area contributed by atoms with Gasteiger partial charge in [0.05, 0.1) is 0 Å². The summed E-state index contributed by atoms with van der Waals surface area (Å²) in [6.45, 7) is 0.214. The number of carbonyl (C=O) groups is 1. The molecule has 1 N–H and O–H groups in total. The standard InChI is InChI=1S/C27H22ClN3O3/c1-31-15-14-29-26(31)25(19-6-9-21(28)10-7-19)30-27(32)24-13-12-23(34-24)17-33-22-11-8-18-4-2-3-5-20(18)16-22/h2-16,25H,17H2,1H3,(H,30,32). The average Bonchev–Trinajstić information content (AvgIpc) is 3.51. The fraction of sp³-hybridized carbons (Fsp3) is 0.111. The molecule has 0 aliphatic rings. The molecule has 1 amide bonds. The van der Waals surface area contributed by atoms with Gasteiger partial charge in [0.25, 0.3) is 5.91 Å². The Hall–Kier alpha value is -4.03. The van der Waals surface area contributed by atoms with E-state index in [-0.39, 0.29) is 18.3 Å². The largest absolute Gasteiger partial charge is 0.486 e. The number of imidazole rings is 1. The summed E-state index contributed by atoms with van der Waals surface area (Å²) in [7, 11) is 1.88. The monoisotopic (exact) mass is 471 g/mol. The van der Waals surface area contributed by atoms with E-state index in [4.69, 9.17) is 20.8 Å². The Morgan fingerprint density at radius 2 is 1.85 bits per heavy atom. The second-order valence-electron chi connectivity index (χ2n) is 7.92. The number of hydrogen-bond donors (Lipinski definition) is 1. The number of aromatic nitrogens is 2. The molecule has 5 rings (SSSR count). The SMILES string of the molecule is Cn1ccnc1C(NC(=O)c1ccc(COc2ccc3ccccc3c2)o1)c1ccc(Cl)cc1. The molecule has 34 heavy (non-hydrogen) atoms. The third-order valence-electron chi connectivity index (χ3n) is 5.58. The van der Waals surface area contributed by atoms with Gasteiger partial charge in [-0.1, -0.05) is 54.1 Å². The van der Waals surface area contributed by atoms with Crippen molar-refractivity contribution in [1.29, 1.82) is 0 Å². The summed E-state index contributed by atoms with van der Waals surface area (Å²) in [6.07, 6.45) is 3.53. The Morgan fingerprint density at radius 3 is 2.62 bits per heavy atom. The summed E-state index contributed by atoms with van der Waals surface area (Å²) in [4.78, 5) is 17.4. The molecule has 0 spiro atoms. The number of nitrogens with one attached hydrogen (secondary N) is 1. The average molecular weight is 472 g/mol. The van der Waals surface area contributed by atoms with Crippen molar-refractivity contribution in [3.63, 3.8) is 0 Å². The minimum atomic E-state index is -0.466. The number of ether oxygens (including phenoxy) is 1. The van der Waals surface area contributed by atoms with Crippen molar-refractivity contribution >= 4 is 28.3 Å². The topological polar surface area (TPSA) is 69.3 Å². The lowest BCUT2D eigenvalue weighted by Gasteiger charge is -2.18. The van der Waals surface area contributed by atoms with Gasteiger partial charge >= 0.3 is 0 Å². The minimum Gasteiger partial charge on any atom is -0.486 e. The number of fused-ring (bicyclic) bond motifs is 1. The molecule has 0 radical (unpaired) electrons. The molecule has 0 bridgehead atoms. The lowest BCUT2D eigenvalue weighted by Crippen LogP contribution is -2.30. The maximum absolute atomic E-state index is 13.0. The number of carbonyl (C=O) groups excluding carboxylic acids is 1. The quantitative estimate of drug-likeness (QED) is 0.320. The highest BCUT2D eigenvalue weighted by atomic mass is 35.5. The molecule has 0 fully saturated rings. The molecule has 6 nitrogen and oxygen atoms in total. The van der Waals surface area contributed by atoms with E-state index < -0.39 is 6.04 Å². The lowest BCUT2D eigenvalue weighted by atomic mass is 10.1. The summed E-state index contributed by atoms with van der Waals surface area (Å²) in [5, 5.41) is 5.89. The van der Waals surface area contributed by atoms with Gasteiger partial charge in [0, 0.05) is 24.5 Å². The molecule has 0 saturated carbocycles. The summed E-state index contributed by atoms with van der Waals surface area (Å²) >= 11 is 6.04. The van der Waals surface area contributed by atoms with Crippen molar-refractivity contribution in [3.05, 3.63) is 119 Å². The second kappa shape index (κ2) is 9.45. The molecule has 1 unspecified atom stereocenters. The highest BCUT2D eigenvalue weighted by molar-refractivity contribution is 6.30. The van der Waals surface area contributed by atoms with Crippen LogP contribution in [-0.2, 0) is 13.7 Å². The van der Waals surface area contributed by atoms with E-state index in [0.29, 0.717) is 16.6 Å². The first kappa shape index (κ1) is 21.8. The van der Waals surface area contributed by atoms with Gasteiger partial charge in [-0.25, -0.2) is 4.98 Å². The maximum atomic E-state index is 13.0. The van der Waals surface area contributed by atoms with Gasteiger partial charge in [0.15, 0.2) is 5.76 Å². The van der Waals surface area contributed by atoms with Gasteiger partial charge in [-0.15, -0.1) is 0 Å². The zero-order valence-corrected chi connectivity index (χ0v) is 19.2. The number of furan rings is 1. The van der Waals surface area contributed by atoms with Gasteiger partial charge < -0.3 is 19.0 Å². The van der Waals surface area contributed by atoms with E-state index in [0.717, 1.165) is 22.1 Å². The van der Waals surface area contributed by atoms with Gasteiger partial charge in [-0.2, -0.15) is 0 Å². The molecule has 5 aromatic rings. The first-order valence-corrected chi connectivity index (χ1v) is 11.2. The fourth-order valence-electron chi connectivity index (χ4n) is 3.80. The maximum Gasteiger partial charge on any atom is 0.287 e. The van der Waals surface area contributed by atoms with Crippen LogP contribution in [0.2, 0.25) is 5.02 Å². The Bertz CT molecular complexity index is 1440. The Labute approximate surface area is 201 Å². The highest BCUT2D eigenvalue weighted by Gasteiger charge is 2.23. The number of hydrogen-bond acceptors (Lipinski definition) is 4. The summed E-state index contributed by atoms with van der Waals surface area (Å²) < 4.78 is 13.5. The van der Waals surface area contributed by atoms with Crippen LogP contribution in [0, 0.1) is 0 Å². The summed E-state index contributed by atoms with van der Waals surface area (Å²) in [5.41, 5.74) is 0.860. The fourth-order valence-corrected chi connectivity index (χ4v) is 3.92. The van der Waals surface area contributed by atoms with Crippen LogP contribution in [0.15, 0.2) is 95.7 Å². The summed E-state index contributed by atoms with van der Waals surface area (Å²) in [6, 6.07) is 24.2. The number of aryl methyl sites for hydroxylation is 1. The van der Waals surface area contributed by atoms with E-state index >= 15 is 0 Å². The first-order chi connectivity index (χ1) is 16.6. The van der Waals surface area contributed by atoms with Crippen LogP contribution in [0.4, 0.5) is 0 Å². The highest BCUT2D eigenvalue weighted by Crippen LogP contribution is 2.24. The molecular formula is C27H22ClN3O3. The molecule has 3 aromatic carbocycles. The van der Waals surface area contributed by atoms with Gasteiger partial charge in [-0.3, -0.25) is 4.79 Å². The predicted molar refractivity (Wildman–Crippen MR) is 131 cm³/mol. The van der Waals surface area contributed by atoms with E-state index in [1.807, 2.05) is 66.3 Å². The van der Waals surface area contributed by atoms with Gasteiger partial charge in [-0.05, 0) is 52.7 Å². The van der Waals surface area contributed by atoms with Gasteiger partial charge in [0.1, 0.15) is 30.0 Å². The van der Waals surface area contributed by atoms with Gasteiger partial charge in [0.2, 0.25) is 0 Å². The molecular weight excluding hydrogens is 450 g/mol. The van der Waals surface area contributed by atoms with Crippen LogP contribution in [0.25, 0.3) is 10.8 Å². The van der Waals surface area contributed by atoms with Crippen LogP contribution >= 0.6 is 11.6 Å². The van der Waals surface area contributed by atoms with E-state index in [2.05, 4.69) is 16.4 Å². The normalized spacial score (nSPS) is 11.9. The van der Waals surface area contributed by atoms with E-state index in [1.165, 1.54) is 0 Å². The number of nitrogens with zero attached hydrogens (tertiary/aromatic N) is 2. The van der Waals surface area contributed by atoms with Crippen LogP contribution in [0.1, 0.15) is 33.7 Å². The van der Waals surface area contributed by atoms with Crippen LogP contribution in [0.5, 0.6) is 5.75 Å². The third-order valence-corrected chi connectivity index (χ3v) is 5.83. The third kappa shape index (κ3) is 4.67. The molecule has 7 heteroatoms. The Balaban J connectivity index is 1.29. The molecule has 0 aliphatic heterocycles. The molecule has 2 aromatic heterocycles.